The monoisotopic (exact) mass is 490 g/mol. The Morgan fingerprint density at radius 2 is 1.72 bits per heavy atom. The number of morpholine rings is 1. The summed E-state index contributed by atoms with van der Waals surface area (Å²) in [7, 11) is 0. The molecule has 3 heterocycles. The van der Waals surface area contributed by atoms with Gasteiger partial charge in [0, 0.05) is 26.2 Å². The van der Waals surface area contributed by atoms with E-state index >= 15 is 0 Å². The van der Waals surface area contributed by atoms with E-state index < -0.39 is 6.04 Å². The number of nitrogens with zero attached hydrogens (tertiary/aromatic N) is 2. The lowest BCUT2D eigenvalue weighted by Crippen LogP contribution is -2.38. The molecule has 7 nitrogen and oxygen atoms in total. The summed E-state index contributed by atoms with van der Waals surface area (Å²) in [6.45, 7) is 7.57. The molecule has 0 spiro atoms. The highest BCUT2D eigenvalue weighted by molar-refractivity contribution is 5.99. The van der Waals surface area contributed by atoms with Crippen molar-refractivity contribution in [1.82, 2.24) is 9.80 Å². The number of rotatable bonds is 10. The standard InChI is InChI=1S/C29H34N2O5/c1-2-3-6-18-35-22-12-10-21(11-13-22)26-25-27(32)23-8-4-5-9-24(23)36-28(25)29(33)31(26)15-7-14-30-16-19-34-20-17-30/h4-5,8-13,26H,2-3,6-7,14-20H2,1H3/t26-/m1/s1. The van der Waals surface area contributed by atoms with Gasteiger partial charge in [0.1, 0.15) is 11.3 Å². The van der Waals surface area contributed by atoms with Crippen LogP contribution in [-0.2, 0) is 4.74 Å². The Morgan fingerprint density at radius 1 is 0.944 bits per heavy atom. The molecule has 5 rings (SSSR count). The number of hydrogen-bond acceptors (Lipinski definition) is 6. The average molecular weight is 491 g/mol. The zero-order chi connectivity index (χ0) is 24.9. The third-order valence-corrected chi connectivity index (χ3v) is 7.06. The van der Waals surface area contributed by atoms with E-state index in [0.29, 0.717) is 29.7 Å². The van der Waals surface area contributed by atoms with Crippen LogP contribution in [0.2, 0.25) is 0 Å². The number of carbonyl (C=O) groups is 1. The van der Waals surface area contributed by atoms with Crippen LogP contribution in [0.1, 0.15) is 60.3 Å². The molecule has 0 saturated carbocycles. The van der Waals surface area contributed by atoms with Crippen molar-refractivity contribution in [2.45, 2.75) is 38.6 Å². The molecule has 2 aliphatic rings. The molecule has 0 bridgehead atoms. The minimum absolute atomic E-state index is 0.138. The maximum Gasteiger partial charge on any atom is 0.290 e. The van der Waals surface area contributed by atoms with Crippen LogP contribution in [0, 0.1) is 0 Å². The molecule has 1 amide bonds. The molecule has 1 fully saturated rings. The molecule has 0 N–H and O–H groups in total. The maximum atomic E-state index is 13.6. The Hall–Kier alpha value is -3.16. The first kappa shape index (κ1) is 24.5. The van der Waals surface area contributed by atoms with Gasteiger partial charge in [-0.3, -0.25) is 14.5 Å². The van der Waals surface area contributed by atoms with E-state index in [1.54, 1.807) is 17.0 Å². The lowest BCUT2D eigenvalue weighted by molar-refractivity contribution is 0.0353. The highest BCUT2D eigenvalue weighted by Gasteiger charge is 2.42. The van der Waals surface area contributed by atoms with Crippen LogP contribution in [-0.4, -0.2) is 61.7 Å². The molecule has 0 unspecified atom stereocenters. The van der Waals surface area contributed by atoms with E-state index in [4.69, 9.17) is 13.9 Å². The summed E-state index contributed by atoms with van der Waals surface area (Å²) >= 11 is 0. The first-order valence-electron chi connectivity index (χ1n) is 13.1. The number of fused-ring (bicyclic) bond motifs is 2. The molecule has 2 aliphatic heterocycles. The van der Waals surface area contributed by atoms with Gasteiger partial charge in [0.2, 0.25) is 5.76 Å². The summed E-state index contributed by atoms with van der Waals surface area (Å²) in [5.41, 5.74) is 1.62. The third-order valence-electron chi connectivity index (χ3n) is 7.06. The second-order valence-electron chi connectivity index (χ2n) is 9.50. The van der Waals surface area contributed by atoms with Crippen LogP contribution in [0.3, 0.4) is 0 Å². The van der Waals surface area contributed by atoms with Gasteiger partial charge < -0.3 is 18.8 Å². The second kappa shape index (κ2) is 11.3. The molecule has 1 aromatic heterocycles. The van der Waals surface area contributed by atoms with Gasteiger partial charge in [0.05, 0.1) is 36.8 Å². The van der Waals surface area contributed by atoms with Crippen LogP contribution >= 0.6 is 0 Å². The summed E-state index contributed by atoms with van der Waals surface area (Å²) in [5.74, 6) is 0.735. The molecule has 1 saturated heterocycles. The number of benzene rings is 2. The highest BCUT2D eigenvalue weighted by Crippen LogP contribution is 2.38. The van der Waals surface area contributed by atoms with Crippen molar-refractivity contribution in [3.63, 3.8) is 0 Å². The van der Waals surface area contributed by atoms with Gasteiger partial charge in [-0.05, 0) is 42.7 Å². The molecule has 3 aromatic rings. The Kier molecular flexibility index (Phi) is 7.68. The van der Waals surface area contributed by atoms with Crippen LogP contribution in [0.25, 0.3) is 11.0 Å². The Morgan fingerprint density at radius 3 is 2.50 bits per heavy atom. The summed E-state index contributed by atoms with van der Waals surface area (Å²) < 4.78 is 17.4. The van der Waals surface area contributed by atoms with Crippen LogP contribution in [0.4, 0.5) is 0 Å². The van der Waals surface area contributed by atoms with Gasteiger partial charge in [-0.1, -0.05) is 44.0 Å². The molecule has 0 radical (unpaired) electrons. The largest absolute Gasteiger partial charge is 0.494 e. The Balaban J connectivity index is 1.43. The lowest BCUT2D eigenvalue weighted by atomic mass is 9.98. The molecule has 36 heavy (non-hydrogen) atoms. The topological polar surface area (TPSA) is 72.2 Å². The minimum Gasteiger partial charge on any atom is -0.494 e. The first-order valence-corrected chi connectivity index (χ1v) is 13.1. The van der Waals surface area contributed by atoms with Gasteiger partial charge in [0.25, 0.3) is 5.91 Å². The molecular formula is C29H34N2O5. The normalized spacial score (nSPS) is 18.1. The average Bonchev–Trinajstić information content (AvgIpc) is 3.19. The molecule has 190 valence electrons. The highest BCUT2D eigenvalue weighted by atomic mass is 16.5. The number of carbonyl (C=O) groups excluding carboxylic acids is 1. The van der Waals surface area contributed by atoms with Gasteiger partial charge in [-0.25, -0.2) is 0 Å². The van der Waals surface area contributed by atoms with Crippen molar-refractivity contribution >= 4 is 16.9 Å². The fraction of sp³-hybridized carbons (Fsp3) is 0.448. The van der Waals surface area contributed by atoms with Crippen molar-refractivity contribution in [3.05, 3.63) is 75.6 Å². The molecular weight excluding hydrogens is 456 g/mol. The second-order valence-corrected chi connectivity index (χ2v) is 9.50. The number of ether oxygens (including phenoxy) is 2. The first-order chi connectivity index (χ1) is 17.7. The summed E-state index contributed by atoms with van der Waals surface area (Å²) in [6.07, 6.45) is 4.12. The van der Waals surface area contributed by atoms with E-state index in [2.05, 4.69) is 11.8 Å². The van der Waals surface area contributed by atoms with Gasteiger partial charge in [-0.15, -0.1) is 0 Å². The van der Waals surface area contributed by atoms with Gasteiger partial charge in [-0.2, -0.15) is 0 Å². The van der Waals surface area contributed by atoms with Crippen molar-refractivity contribution in [1.29, 1.82) is 0 Å². The van der Waals surface area contributed by atoms with Crippen molar-refractivity contribution in [2.24, 2.45) is 0 Å². The molecule has 1 atom stereocenters. The predicted molar refractivity (Wildman–Crippen MR) is 139 cm³/mol. The van der Waals surface area contributed by atoms with Crippen molar-refractivity contribution in [3.8, 4) is 5.75 Å². The van der Waals surface area contributed by atoms with E-state index in [1.807, 2.05) is 36.4 Å². The van der Waals surface area contributed by atoms with Crippen molar-refractivity contribution in [2.75, 3.05) is 46.0 Å². The zero-order valence-corrected chi connectivity index (χ0v) is 20.9. The van der Waals surface area contributed by atoms with E-state index in [9.17, 15) is 9.59 Å². The van der Waals surface area contributed by atoms with Crippen molar-refractivity contribution < 1.29 is 18.7 Å². The number of amides is 1. The van der Waals surface area contributed by atoms with Crippen LogP contribution < -0.4 is 10.2 Å². The molecule has 7 heteroatoms. The molecule has 0 aliphatic carbocycles. The SMILES string of the molecule is CCCCCOc1ccc([C@@H]2c3c(oc4ccccc4c3=O)C(=O)N2CCCN2CCOCC2)cc1. The summed E-state index contributed by atoms with van der Waals surface area (Å²) in [5, 5.41) is 0.500. The fourth-order valence-electron chi connectivity index (χ4n) is 5.12. The van der Waals surface area contributed by atoms with E-state index in [-0.39, 0.29) is 17.1 Å². The number of para-hydroxylation sites is 1. The number of unbranched alkanes of at least 4 members (excludes halogenated alkanes) is 2. The van der Waals surface area contributed by atoms with Crippen LogP contribution in [0.15, 0.2) is 57.7 Å². The predicted octanol–water partition coefficient (Wildman–Crippen LogP) is 4.63. The number of hydrogen-bond donors (Lipinski definition) is 0. The van der Waals surface area contributed by atoms with Crippen LogP contribution in [0.5, 0.6) is 5.75 Å². The summed E-state index contributed by atoms with van der Waals surface area (Å²) in [6, 6.07) is 14.4. The minimum atomic E-state index is -0.479. The maximum absolute atomic E-state index is 13.6. The third kappa shape index (κ3) is 5.04. The van der Waals surface area contributed by atoms with Gasteiger partial charge in [0.15, 0.2) is 5.43 Å². The van der Waals surface area contributed by atoms with Gasteiger partial charge >= 0.3 is 0 Å². The lowest BCUT2D eigenvalue weighted by Gasteiger charge is -2.29. The Labute approximate surface area is 211 Å². The van der Waals surface area contributed by atoms with E-state index in [1.165, 1.54) is 0 Å². The smallest absolute Gasteiger partial charge is 0.290 e. The fourth-order valence-corrected chi connectivity index (χ4v) is 5.12. The zero-order valence-electron chi connectivity index (χ0n) is 20.9. The Bertz CT molecular complexity index is 1250. The quantitative estimate of drug-likeness (QED) is 0.386. The molecule has 2 aromatic carbocycles. The summed E-state index contributed by atoms with van der Waals surface area (Å²) in [4.78, 5) is 31.3. The van der Waals surface area contributed by atoms with E-state index in [0.717, 1.165) is 69.8 Å².